The predicted octanol–water partition coefficient (Wildman–Crippen LogP) is 5.12. The monoisotopic (exact) mass is 1300 g/mol. The minimum atomic E-state index is -4.51. The molecule has 6 aromatic rings. The van der Waals surface area contributed by atoms with Crippen molar-refractivity contribution in [2.45, 2.75) is 134 Å². The quantitative estimate of drug-likeness (QED) is 0.0184. The van der Waals surface area contributed by atoms with E-state index in [1.165, 1.54) is 29.5 Å². The summed E-state index contributed by atoms with van der Waals surface area (Å²) in [7, 11) is -4.51. The zero-order valence-electron chi connectivity index (χ0n) is 50.6. The molecule has 12 rings (SSSR count). The first-order valence-corrected chi connectivity index (χ1v) is 32.7. The lowest BCUT2D eigenvalue weighted by atomic mass is 9.39. The number of esters is 1. The molecule has 1 amide bonds. The number of nitrogens with zero attached hydrogens (tertiary/aromatic N) is 5. The predicted molar refractivity (Wildman–Crippen MR) is 330 cm³/mol. The minimum absolute atomic E-state index is 0.0112. The molecule has 4 aliphatic carbocycles. The number of carbonyl (C=O) groups is 4. The molecule has 4 bridgehead atoms. The van der Waals surface area contributed by atoms with Gasteiger partial charge in [-0.05, 0) is 128 Å². The fourth-order valence-corrected chi connectivity index (χ4v) is 16.7. The van der Waals surface area contributed by atoms with E-state index in [1.54, 1.807) is 18.3 Å². The van der Waals surface area contributed by atoms with E-state index in [1.807, 2.05) is 59.0 Å². The summed E-state index contributed by atoms with van der Waals surface area (Å²) >= 11 is 1.40. The largest absolute Gasteiger partial charge is 0.491 e. The minimum Gasteiger partial charge on any atom is -0.491 e. The number of ether oxygens (including phenoxy) is 6. The molecule has 5 fully saturated rings. The van der Waals surface area contributed by atoms with E-state index >= 15 is 0 Å². The highest BCUT2D eigenvalue weighted by atomic mass is 32.2. The SMILES string of the molecule is Cc1c(-c2ccc(N3CCc4cccc(C(=O)Nc5nc6ccccc6s5)c4C3)nc2C(=O)O)cnn1CC12CC3(C)CC(C)(C1)CC(OCCNC(CCS(=O)(=O)O)C(=O)OCc1ccc(O[C@@H]4O[C@H](C(=O)O)C(O)[C@H](O)[C@H]4O)cc1OCCOCCN)(C3)C2. The highest BCUT2D eigenvalue weighted by Gasteiger charge is 2.66. The van der Waals surface area contributed by atoms with Crippen LogP contribution in [0.3, 0.4) is 0 Å². The number of aliphatic carboxylic acids is 1. The number of amides is 1. The van der Waals surface area contributed by atoms with Crippen LogP contribution in [-0.2, 0) is 64.8 Å². The number of rotatable bonds is 27. The zero-order chi connectivity index (χ0) is 64.6. The van der Waals surface area contributed by atoms with E-state index in [4.69, 9.17) is 44.2 Å². The average Bonchev–Trinajstić information content (AvgIpc) is 0.947. The summed E-state index contributed by atoms with van der Waals surface area (Å²) in [5, 5.41) is 62.8. The van der Waals surface area contributed by atoms with Crippen molar-refractivity contribution in [3.8, 4) is 22.6 Å². The van der Waals surface area contributed by atoms with Gasteiger partial charge in [-0.25, -0.2) is 19.6 Å². The fraction of sp³-hybridized carbons (Fsp3) is 0.508. The van der Waals surface area contributed by atoms with Gasteiger partial charge in [0.25, 0.3) is 16.0 Å². The van der Waals surface area contributed by atoms with Crippen LogP contribution in [-0.4, -0.2) is 176 Å². The lowest BCUT2D eigenvalue weighted by Gasteiger charge is -2.69. The molecule has 4 unspecified atom stereocenters. The number of para-hydroxylation sites is 1. The second-order valence-corrected chi connectivity index (χ2v) is 28.1. The van der Waals surface area contributed by atoms with Gasteiger partial charge in [0.1, 0.15) is 54.9 Å². The summed E-state index contributed by atoms with van der Waals surface area (Å²) in [6, 6.07) is 19.9. The maximum absolute atomic E-state index is 13.9. The van der Waals surface area contributed by atoms with Crippen LogP contribution < -0.4 is 30.7 Å². The van der Waals surface area contributed by atoms with Gasteiger partial charge in [-0.15, -0.1) is 0 Å². The Morgan fingerprint density at radius 3 is 2.40 bits per heavy atom. The van der Waals surface area contributed by atoms with Crippen LogP contribution in [0.5, 0.6) is 11.5 Å². The maximum atomic E-state index is 13.9. The van der Waals surface area contributed by atoms with Gasteiger partial charge >= 0.3 is 17.9 Å². The smallest absolute Gasteiger partial charge is 0.355 e. The number of carboxylic acid groups (broad SMARTS) is 2. The number of pyridine rings is 1. The van der Waals surface area contributed by atoms with Gasteiger partial charge in [0.2, 0.25) is 6.29 Å². The van der Waals surface area contributed by atoms with E-state index in [9.17, 15) is 57.7 Å². The molecule has 1 saturated heterocycles. The van der Waals surface area contributed by atoms with Crippen molar-refractivity contribution < 1.29 is 86.1 Å². The fourth-order valence-electron chi connectivity index (χ4n) is 15.3. The molecule has 6 aliphatic rings. The number of aromatic nitrogens is 4. The standard InChI is InChI=1S/C63H76N8O18S2/c1-36-42(40-13-14-48(68-49(40)55(76)77)70-19-15-37-7-6-8-41(43(37)27-70)54(75)69-59-67-44-9-4-5-10-47(44)90-59)26-66-71(36)35-62-30-60(2)29-61(3,31-62)33-63(32-60,34-62)87-21-18-65-45(16-24-91(81,82)83)57(80)86-28-38-11-12-39(25-46(38)85-23-22-84-20-17-64)88-58-52(74)50(72)51(73)53(89-58)56(78)79/h4-14,25-26,45,50-53,58,65,72-74H,15-24,27-35,64H2,1-3H3,(H,76,77)(H,78,79)(H,67,69,75)(H,81,82,83)/t45?,50-,51?,52+,53-,58+,60?,61?,62?,63?/m0/s1. The third-order valence-electron chi connectivity index (χ3n) is 18.0. The van der Waals surface area contributed by atoms with Crippen molar-refractivity contribution in [1.82, 2.24) is 25.1 Å². The van der Waals surface area contributed by atoms with E-state index < -0.39 is 82.7 Å². The molecule has 3 aromatic heterocycles. The van der Waals surface area contributed by atoms with Crippen molar-refractivity contribution >= 4 is 66.4 Å². The number of hydrogen-bond acceptors (Lipinski definition) is 22. The molecule has 5 heterocycles. The Kier molecular flexibility index (Phi) is 18.9. The van der Waals surface area contributed by atoms with Crippen LogP contribution in [0.4, 0.5) is 10.9 Å². The second-order valence-electron chi connectivity index (χ2n) is 25.5. The molecule has 26 nitrogen and oxygen atoms in total. The van der Waals surface area contributed by atoms with Crippen LogP contribution in [0.15, 0.2) is 79.0 Å². The van der Waals surface area contributed by atoms with Crippen molar-refractivity contribution in [1.29, 1.82) is 0 Å². The van der Waals surface area contributed by atoms with Crippen LogP contribution in [0, 0.1) is 23.2 Å². The Morgan fingerprint density at radius 1 is 0.879 bits per heavy atom. The number of benzene rings is 3. The van der Waals surface area contributed by atoms with Crippen LogP contribution in [0.1, 0.15) is 102 Å². The third-order valence-corrected chi connectivity index (χ3v) is 19.7. The first-order chi connectivity index (χ1) is 43.3. The number of aliphatic hydroxyl groups excluding tert-OH is 3. The second kappa shape index (κ2) is 26.4. The van der Waals surface area contributed by atoms with Crippen molar-refractivity contribution in [2.24, 2.45) is 22.0 Å². The van der Waals surface area contributed by atoms with Crippen molar-refractivity contribution in [3.63, 3.8) is 0 Å². The third kappa shape index (κ3) is 14.5. The molecule has 3 aromatic carbocycles. The van der Waals surface area contributed by atoms with E-state index in [2.05, 4.69) is 29.5 Å². The van der Waals surface area contributed by atoms with Gasteiger partial charge in [-0.1, -0.05) is 49.4 Å². The average molecular weight is 1300 g/mol. The Bertz CT molecular complexity index is 3770. The molecular weight excluding hydrogens is 1220 g/mol. The Hall–Kier alpha value is -7.22. The number of thiazole rings is 1. The molecule has 91 heavy (non-hydrogen) atoms. The summed E-state index contributed by atoms with van der Waals surface area (Å²) in [4.78, 5) is 63.9. The number of carboxylic acids is 2. The summed E-state index contributed by atoms with van der Waals surface area (Å²) in [5.74, 6) is -4.11. The van der Waals surface area contributed by atoms with E-state index in [-0.39, 0.29) is 85.3 Å². The first-order valence-electron chi connectivity index (χ1n) is 30.3. The number of nitrogens with two attached hydrogens (primary N) is 1. The highest BCUT2D eigenvalue weighted by Crippen LogP contribution is 2.72. The summed E-state index contributed by atoms with van der Waals surface area (Å²) < 4.78 is 71.8. The Balaban J connectivity index is 0.745. The van der Waals surface area contributed by atoms with Crippen molar-refractivity contribution in [3.05, 3.63) is 113 Å². The number of nitrogens with one attached hydrogen (secondary N) is 2. The normalized spacial score (nSPS) is 26.3. The molecule has 10 N–H and O–H groups in total. The van der Waals surface area contributed by atoms with E-state index in [0.29, 0.717) is 65.7 Å². The summed E-state index contributed by atoms with van der Waals surface area (Å²) in [5.41, 5.74) is 9.80. The summed E-state index contributed by atoms with van der Waals surface area (Å²) in [6.07, 6.45) is -2.22. The van der Waals surface area contributed by atoms with Gasteiger partial charge in [-0.2, -0.15) is 13.5 Å². The van der Waals surface area contributed by atoms with Gasteiger partial charge in [-0.3, -0.25) is 24.1 Å². The summed E-state index contributed by atoms with van der Waals surface area (Å²) in [6.45, 7) is 8.46. The lowest BCUT2D eigenvalue weighted by Crippen LogP contribution is -2.64. The Morgan fingerprint density at radius 2 is 1.66 bits per heavy atom. The molecule has 4 saturated carbocycles. The zero-order valence-corrected chi connectivity index (χ0v) is 52.2. The first kappa shape index (κ1) is 65.3. The number of aliphatic hydroxyl groups is 3. The number of aromatic carboxylic acids is 1. The number of fused-ring (bicyclic) bond motifs is 2. The number of anilines is 2. The molecule has 28 heteroatoms. The number of hydrogen-bond donors (Lipinski definition) is 9. The van der Waals surface area contributed by atoms with Gasteiger partial charge in [0.15, 0.2) is 16.9 Å². The van der Waals surface area contributed by atoms with Crippen LogP contribution in [0.2, 0.25) is 0 Å². The van der Waals surface area contributed by atoms with Gasteiger partial charge < -0.3 is 69.9 Å². The van der Waals surface area contributed by atoms with Crippen molar-refractivity contribution in [2.75, 3.05) is 62.0 Å². The topological polar surface area (TPSA) is 376 Å². The van der Waals surface area contributed by atoms with Gasteiger partial charge in [0, 0.05) is 66.7 Å². The van der Waals surface area contributed by atoms with Crippen LogP contribution in [0.25, 0.3) is 21.3 Å². The molecular formula is C63H76N8O18S2. The highest BCUT2D eigenvalue weighted by molar-refractivity contribution is 7.85. The number of carbonyl (C=O) groups excluding carboxylic acids is 2. The molecule has 488 valence electrons. The van der Waals surface area contributed by atoms with Gasteiger partial charge in [0.05, 0.1) is 47.6 Å². The Labute approximate surface area is 528 Å². The molecule has 0 radical (unpaired) electrons. The maximum Gasteiger partial charge on any atom is 0.355 e. The molecule has 0 spiro atoms. The molecule has 8 atom stereocenters. The lowest BCUT2D eigenvalue weighted by molar-refractivity contribution is -0.271. The van der Waals surface area contributed by atoms with Crippen LogP contribution >= 0.6 is 11.3 Å². The van der Waals surface area contributed by atoms with E-state index in [0.717, 1.165) is 59.1 Å². The molecule has 2 aliphatic heterocycles.